The van der Waals surface area contributed by atoms with Gasteiger partial charge in [-0.05, 0) is 23.6 Å². The number of para-hydroxylation sites is 1. The van der Waals surface area contributed by atoms with Gasteiger partial charge < -0.3 is 4.74 Å². The van der Waals surface area contributed by atoms with Crippen molar-refractivity contribution in [1.29, 1.82) is 0 Å². The molecule has 0 saturated heterocycles. The molecule has 2 rings (SSSR count). The van der Waals surface area contributed by atoms with Crippen LogP contribution in [0.25, 0.3) is 0 Å². The predicted octanol–water partition coefficient (Wildman–Crippen LogP) is 4.04. The van der Waals surface area contributed by atoms with Crippen LogP contribution in [0.2, 0.25) is 0 Å². The highest BCUT2D eigenvalue weighted by molar-refractivity contribution is 6.03. The van der Waals surface area contributed by atoms with Gasteiger partial charge in [-0.3, -0.25) is 4.79 Å². The summed E-state index contributed by atoms with van der Waals surface area (Å²) >= 11 is 0. The molecule has 0 aliphatic rings. The van der Waals surface area contributed by atoms with Crippen LogP contribution in [0.4, 0.5) is 0 Å². The Labute approximate surface area is 142 Å². The molecular weight excluding hydrogens is 300 g/mol. The smallest absolute Gasteiger partial charge is 0.275 e. The van der Waals surface area contributed by atoms with Crippen molar-refractivity contribution in [3.8, 4) is 5.75 Å². The van der Waals surface area contributed by atoms with Crippen LogP contribution in [-0.4, -0.2) is 18.2 Å². The van der Waals surface area contributed by atoms with Crippen molar-refractivity contribution in [2.24, 2.45) is 11.0 Å². The molecule has 0 bridgehead atoms. The van der Waals surface area contributed by atoms with E-state index in [1.165, 1.54) is 0 Å². The fourth-order valence-corrected chi connectivity index (χ4v) is 2.24. The van der Waals surface area contributed by atoms with Crippen LogP contribution in [0, 0.1) is 5.92 Å². The van der Waals surface area contributed by atoms with Crippen LogP contribution in [0.5, 0.6) is 5.75 Å². The minimum absolute atomic E-state index is 0.181. The average molecular weight is 322 g/mol. The second kappa shape index (κ2) is 8.67. The molecule has 0 unspecified atom stereocenters. The molecule has 2 aromatic carbocycles. The number of amides is 1. The first-order valence-corrected chi connectivity index (χ1v) is 7.89. The van der Waals surface area contributed by atoms with Gasteiger partial charge in [0.25, 0.3) is 5.91 Å². The van der Waals surface area contributed by atoms with Gasteiger partial charge in [0.05, 0.1) is 11.3 Å². The van der Waals surface area contributed by atoms with Gasteiger partial charge in [-0.2, -0.15) is 5.10 Å². The number of hydrogen-bond donors (Lipinski definition) is 1. The number of rotatable bonds is 7. The zero-order valence-electron chi connectivity index (χ0n) is 14.0. The average Bonchev–Trinajstić information content (AvgIpc) is 2.61. The number of benzene rings is 2. The van der Waals surface area contributed by atoms with Crippen LogP contribution >= 0.6 is 0 Å². The Bertz CT molecular complexity index is 721. The van der Waals surface area contributed by atoms with E-state index >= 15 is 0 Å². The monoisotopic (exact) mass is 322 g/mol. The third-order valence-electron chi connectivity index (χ3n) is 3.38. The van der Waals surface area contributed by atoms with Gasteiger partial charge in [-0.1, -0.05) is 69.0 Å². The van der Waals surface area contributed by atoms with Crippen LogP contribution < -0.4 is 10.2 Å². The topological polar surface area (TPSA) is 50.7 Å². The molecule has 0 fully saturated rings. The van der Waals surface area contributed by atoms with Gasteiger partial charge in [-0.15, -0.1) is 0 Å². The molecule has 0 atom stereocenters. The molecule has 0 aliphatic heterocycles. The molecule has 0 radical (unpaired) electrons. The first-order valence-electron chi connectivity index (χ1n) is 7.89. The molecule has 0 spiro atoms. The lowest BCUT2D eigenvalue weighted by molar-refractivity contribution is 0.0951. The summed E-state index contributed by atoms with van der Waals surface area (Å²) in [6, 6.07) is 16.9. The summed E-state index contributed by atoms with van der Waals surface area (Å²) in [5.41, 5.74) is 4.90. The molecule has 0 saturated carbocycles. The Kier molecular flexibility index (Phi) is 6.32. The van der Waals surface area contributed by atoms with Crippen molar-refractivity contribution < 1.29 is 9.53 Å². The van der Waals surface area contributed by atoms with E-state index in [0.29, 0.717) is 17.9 Å². The van der Waals surface area contributed by atoms with Crippen molar-refractivity contribution in [2.75, 3.05) is 6.61 Å². The largest absolute Gasteiger partial charge is 0.489 e. The first kappa shape index (κ1) is 17.5. The van der Waals surface area contributed by atoms with E-state index < -0.39 is 0 Å². The summed E-state index contributed by atoms with van der Waals surface area (Å²) in [5, 5.41) is 4.33. The molecular formula is C20H22N2O2. The molecule has 2 aromatic rings. The van der Waals surface area contributed by atoms with E-state index in [1.807, 2.05) is 50.2 Å². The van der Waals surface area contributed by atoms with Crippen molar-refractivity contribution >= 4 is 11.6 Å². The maximum absolute atomic E-state index is 12.5. The molecule has 1 amide bonds. The molecule has 0 aliphatic carbocycles. The second-order valence-corrected chi connectivity index (χ2v) is 5.55. The van der Waals surface area contributed by atoms with E-state index in [0.717, 1.165) is 11.3 Å². The minimum Gasteiger partial charge on any atom is -0.489 e. The quantitative estimate of drug-likeness (QED) is 0.475. The maximum Gasteiger partial charge on any atom is 0.275 e. The highest BCUT2D eigenvalue weighted by atomic mass is 16.5. The summed E-state index contributed by atoms with van der Waals surface area (Å²) < 4.78 is 5.52. The van der Waals surface area contributed by atoms with Crippen molar-refractivity contribution in [3.63, 3.8) is 0 Å². The van der Waals surface area contributed by atoms with Crippen LogP contribution in [0.15, 0.2) is 72.4 Å². The lowest BCUT2D eigenvalue weighted by Crippen LogP contribution is -2.22. The van der Waals surface area contributed by atoms with Crippen molar-refractivity contribution in [1.82, 2.24) is 5.43 Å². The molecule has 24 heavy (non-hydrogen) atoms. The standard InChI is InChI=1S/C20H22N2O2/c1-4-14-24-18-13-9-8-12-17(18)20(23)22-21-19(15(2)3)16-10-6-5-7-11-16/h4-13,15H,1,14H2,2-3H3,(H,22,23). The summed E-state index contributed by atoms with van der Waals surface area (Å²) in [4.78, 5) is 12.5. The van der Waals surface area contributed by atoms with Gasteiger partial charge in [0.1, 0.15) is 12.4 Å². The Morgan fingerprint density at radius 1 is 1.17 bits per heavy atom. The predicted molar refractivity (Wildman–Crippen MR) is 97.4 cm³/mol. The van der Waals surface area contributed by atoms with Crippen LogP contribution in [0.3, 0.4) is 0 Å². The lowest BCUT2D eigenvalue weighted by atomic mass is 10.0. The lowest BCUT2D eigenvalue weighted by Gasteiger charge is -2.12. The van der Waals surface area contributed by atoms with Gasteiger partial charge in [-0.25, -0.2) is 5.43 Å². The Balaban J connectivity index is 2.21. The van der Waals surface area contributed by atoms with Crippen molar-refractivity contribution in [3.05, 3.63) is 78.4 Å². The number of carbonyl (C=O) groups excluding carboxylic acids is 1. The summed E-state index contributed by atoms with van der Waals surface area (Å²) in [6.45, 7) is 8.04. The van der Waals surface area contributed by atoms with E-state index in [-0.39, 0.29) is 11.8 Å². The number of hydrazone groups is 1. The molecule has 124 valence electrons. The van der Waals surface area contributed by atoms with Crippen LogP contribution in [-0.2, 0) is 0 Å². The molecule has 0 aromatic heterocycles. The normalized spacial score (nSPS) is 11.2. The van der Waals surface area contributed by atoms with Gasteiger partial charge in [0.15, 0.2) is 0 Å². The SMILES string of the molecule is C=CCOc1ccccc1C(=O)NN=C(c1ccccc1)C(C)C. The fourth-order valence-electron chi connectivity index (χ4n) is 2.24. The fraction of sp³-hybridized carbons (Fsp3) is 0.200. The van der Waals surface area contributed by atoms with Gasteiger partial charge in [0.2, 0.25) is 0 Å². The number of nitrogens with one attached hydrogen (secondary N) is 1. The molecule has 4 heteroatoms. The summed E-state index contributed by atoms with van der Waals surface area (Å²) in [5.74, 6) is 0.389. The maximum atomic E-state index is 12.5. The number of nitrogens with zero attached hydrogens (tertiary/aromatic N) is 1. The Morgan fingerprint density at radius 2 is 1.83 bits per heavy atom. The third-order valence-corrected chi connectivity index (χ3v) is 3.38. The zero-order valence-corrected chi connectivity index (χ0v) is 14.0. The van der Waals surface area contributed by atoms with E-state index in [9.17, 15) is 4.79 Å². The van der Waals surface area contributed by atoms with Gasteiger partial charge >= 0.3 is 0 Å². The highest BCUT2D eigenvalue weighted by Gasteiger charge is 2.13. The summed E-state index contributed by atoms with van der Waals surface area (Å²) in [7, 11) is 0. The third kappa shape index (κ3) is 4.56. The van der Waals surface area contributed by atoms with E-state index in [4.69, 9.17) is 4.74 Å². The van der Waals surface area contributed by atoms with E-state index in [2.05, 4.69) is 17.1 Å². The zero-order chi connectivity index (χ0) is 17.4. The minimum atomic E-state index is -0.302. The highest BCUT2D eigenvalue weighted by Crippen LogP contribution is 2.18. The van der Waals surface area contributed by atoms with Gasteiger partial charge in [0, 0.05) is 0 Å². The van der Waals surface area contributed by atoms with Crippen LogP contribution in [0.1, 0.15) is 29.8 Å². The first-order chi connectivity index (χ1) is 11.6. The van der Waals surface area contributed by atoms with Crippen molar-refractivity contribution in [2.45, 2.75) is 13.8 Å². The number of ether oxygens (including phenoxy) is 1. The molecule has 0 heterocycles. The Morgan fingerprint density at radius 3 is 2.50 bits per heavy atom. The summed E-state index contributed by atoms with van der Waals surface area (Å²) in [6.07, 6.45) is 1.64. The molecule has 1 N–H and O–H groups in total. The Hall–Kier alpha value is -2.88. The van der Waals surface area contributed by atoms with E-state index in [1.54, 1.807) is 24.3 Å². The number of hydrogen-bond acceptors (Lipinski definition) is 3. The second-order valence-electron chi connectivity index (χ2n) is 5.55. The number of carbonyl (C=O) groups is 1. The molecule has 4 nitrogen and oxygen atoms in total.